The fourth-order valence-corrected chi connectivity index (χ4v) is 5.05. The van der Waals surface area contributed by atoms with Gasteiger partial charge in [-0.25, -0.2) is 4.79 Å². The molecule has 2 aliphatic carbocycles. The number of aliphatic carboxylic acids is 1. The third kappa shape index (κ3) is 6.04. The molecule has 2 aliphatic rings. The van der Waals surface area contributed by atoms with Gasteiger partial charge in [0.05, 0.1) is 0 Å². The van der Waals surface area contributed by atoms with E-state index in [0.29, 0.717) is 23.3 Å². The van der Waals surface area contributed by atoms with E-state index in [0.717, 1.165) is 53.6 Å². The monoisotopic (exact) mass is 496 g/mol. The molecule has 2 aromatic rings. The Morgan fingerprint density at radius 2 is 1.89 bits per heavy atom. The molecule has 1 heterocycles. The predicted molar refractivity (Wildman–Crippen MR) is 138 cm³/mol. The van der Waals surface area contributed by atoms with Crippen LogP contribution in [0.2, 0.25) is 5.02 Å². The normalized spacial score (nSPS) is 17.4. The lowest BCUT2D eigenvalue weighted by molar-refractivity contribution is -0.148. The van der Waals surface area contributed by atoms with Crippen LogP contribution in [0.1, 0.15) is 80.2 Å². The van der Waals surface area contributed by atoms with Crippen LogP contribution >= 0.6 is 11.6 Å². The van der Waals surface area contributed by atoms with Crippen molar-refractivity contribution < 1.29 is 14.7 Å². The first-order valence-electron chi connectivity index (χ1n) is 12.5. The van der Waals surface area contributed by atoms with Crippen LogP contribution in [-0.4, -0.2) is 40.0 Å². The zero-order chi connectivity index (χ0) is 25.1. The Bertz CT molecular complexity index is 1190. The molecule has 0 bridgehead atoms. The molecule has 0 aliphatic heterocycles. The van der Waals surface area contributed by atoms with Crippen LogP contribution in [0.5, 0.6) is 0 Å². The molecule has 1 aromatic carbocycles. The molecule has 1 aromatic heterocycles. The minimum absolute atomic E-state index is 0.0109. The van der Waals surface area contributed by atoms with Gasteiger partial charge in [0, 0.05) is 35.3 Å². The Hall–Kier alpha value is -2.86. The maximum atomic E-state index is 12.7. The minimum Gasteiger partial charge on any atom is -0.480 e. The number of H-pyrrole nitrogens is 1. The van der Waals surface area contributed by atoms with E-state index in [2.05, 4.69) is 11.1 Å². The molecule has 0 spiro atoms. The second-order valence-corrected chi connectivity index (χ2v) is 10.3. The number of likely N-dealkylation sites (N-methyl/N-ethyl adjacent to an activating group) is 1. The number of pyridine rings is 1. The molecule has 2 saturated carbocycles. The first kappa shape index (κ1) is 25.2. The number of carbonyl (C=O) groups excluding carboxylic acids is 1. The number of allylic oxidation sites excluding steroid dienone is 1. The molecule has 186 valence electrons. The first-order chi connectivity index (χ1) is 16.7. The van der Waals surface area contributed by atoms with E-state index in [4.69, 9.17) is 16.7 Å². The number of carbonyl (C=O) groups is 2. The summed E-state index contributed by atoms with van der Waals surface area (Å²) in [4.78, 5) is 40.6. The van der Waals surface area contributed by atoms with Crippen LogP contribution in [0, 0.1) is 5.92 Å². The van der Waals surface area contributed by atoms with Crippen molar-refractivity contribution in [3.05, 3.63) is 74.2 Å². The van der Waals surface area contributed by atoms with Crippen LogP contribution in [-0.2, 0) is 16.0 Å². The van der Waals surface area contributed by atoms with E-state index in [1.54, 1.807) is 0 Å². The zero-order valence-electron chi connectivity index (χ0n) is 20.4. The Morgan fingerprint density at radius 3 is 2.49 bits per heavy atom. The minimum atomic E-state index is -1.03. The highest BCUT2D eigenvalue weighted by Crippen LogP contribution is 2.39. The number of rotatable bonds is 9. The van der Waals surface area contributed by atoms with Gasteiger partial charge in [-0.05, 0) is 74.1 Å². The van der Waals surface area contributed by atoms with Gasteiger partial charge in [-0.3, -0.25) is 9.59 Å². The molecular formula is C28H33ClN2O4. The van der Waals surface area contributed by atoms with E-state index >= 15 is 0 Å². The summed E-state index contributed by atoms with van der Waals surface area (Å²) < 4.78 is 0. The van der Waals surface area contributed by atoms with E-state index in [9.17, 15) is 14.4 Å². The highest BCUT2D eigenvalue weighted by molar-refractivity contribution is 6.31. The number of hydrogen-bond acceptors (Lipinski definition) is 3. The molecule has 1 amide bonds. The second-order valence-electron chi connectivity index (χ2n) is 9.88. The number of halogens is 1. The summed E-state index contributed by atoms with van der Waals surface area (Å²) in [6, 6.07) is 8.91. The number of nitrogens with zero attached hydrogens (tertiary/aromatic N) is 1. The van der Waals surface area contributed by atoms with E-state index in [1.165, 1.54) is 31.7 Å². The van der Waals surface area contributed by atoms with Crippen molar-refractivity contribution in [2.24, 2.45) is 5.92 Å². The van der Waals surface area contributed by atoms with E-state index in [1.807, 2.05) is 30.3 Å². The van der Waals surface area contributed by atoms with E-state index in [-0.39, 0.29) is 17.9 Å². The quantitative estimate of drug-likeness (QED) is 0.487. The average molecular weight is 497 g/mol. The summed E-state index contributed by atoms with van der Waals surface area (Å²) in [5.41, 5.74) is 4.41. The van der Waals surface area contributed by atoms with Crippen molar-refractivity contribution in [1.82, 2.24) is 9.88 Å². The van der Waals surface area contributed by atoms with Gasteiger partial charge in [-0.2, -0.15) is 0 Å². The second kappa shape index (κ2) is 10.8. The summed E-state index contributed by atoms with van der Waals surface area (Å²) in [6.45, 7) is 1.49. The number of carboxylic acid groups (broad SMARTS) is 1. The van der Waals surface area contributed by atoms with Gasteiger partial charge >= 0.3 is 5.97 Å². The fraction of sp³-hybridized carbons (Fsp3) is 0.464. The highest BCUT2D eigenvalue weighted by Gasteiger charge is 2.27. The number of hydrogen-bond donors (Lipinski definition) is 2. The summed E-state index contributed by atoms with van der Waals surface area (Å²) in [6.07, 6.45) is 9.75. The lowest BCUT2D eigenvalue weighted by Crippen LogP contribution is -2.40. The number of nitrogens with one attached hydrogen (secondary N) is 1. The van der Waals surface area contributed by atoms with Gasteiger partial charge in [-0.15, -0.1) is 0 Å². The summed E-state index contributed by atoms with van der Waals surface area (Å²) in [7, 11) is 1.50. The van der Waals surface area contributed by atoms with Gasteiger partial charge in [0.25, 0.3) is 5.56 Å². The number of carboxylic acids is 1. The van der Waals surface area contributed by atoms with Crippen molar-refractivity contribution in [2.75, 3.05) is 7.05 Å². The topological polar surface area (TPSA) is 90.5 Å². The standard InChI is InChI=1S/C28H33ClN2O4/c1-17(28(34)35)31(2)26(32)14-11-20-9-10-21(16-24(20)29)23(15-18-5-3-4-6-18)25-13-12-22(19-7-8-19)27(33)30-25/h9-10,12-13,15-19H,3-8,11,14H2,1-2H3,(H,30,33)(H,34,35)/b23-15+/t17-/m0/s1. The van der Waals surface area contributed by atoms with Gasteiger partial charge in [-0.1, -0.05) is 48.7 Å². The van der Waals surface area contributed by atoms with Crippen molar-refractivity contribution in [2.45, 2.75) is 70.3 Å². The van der Waals surface area contributed by atoms with Crippen molar-refractivity contribution in [3.63, 3.8) is 0 Å². The molecule has 0 radical (unpaired) electrons. The average Bonchev–Trinajstić information content (AvgIpc) is 3.55. The zero-order valence-corrected chi connectivity index (χ0v) is 21.1. The van der Waals surface area contributed by atoms with Crippen LogP contribution < -0.4 is 5.56 Å². The summed E-state index contributed by atoms with van der Waals surface area (Å²) in [5.74, 6) is -0.410. The third-order valence-corrected chi connectivity index (χ3v) is 7.71. The van der Waals surface area contributed by atoms with Crippen LogP contribution in [0.4, 0.5) is 0 Å². The Morgan fingerprint density at radius 1 is 1.17 bits per heavy atom. The van der Waals surface area contributed by atoms with Crippen LogP contribution in [0.15, 0.2) is 41.2 Å². The number of aryl methyl sites for hydroxylation is 1. The highest BCUT2D eigenvalue weighted by atomic mass is 35.5. The van der Waals surface area contributed by atoms with Gasteiger partial charge < -0.3 is 15.0 Å². The van der Waals surface area contributed by atoms with Gasteiger partial charge in [0.1, 0.15) is 6.04 Å². The van der Waals surface area contributed by atoms with Crippen molar-refractivity contribution in [3.8, 4) is 0 Å². The summed E-state index contributed by atoms with van der Waals surface area (Å²) >= 11 is 6.64. The maximum absolute atomic E-state index is 12.7. The van der Waals surface area contributed by atoms with Crippen molar-refractivity contribution >= 4 is 29.1 Å². The number of aromatic nitrogens is 1. The number of benzene rings is 1. The molecule has 2 fully saturated rings. The Balaban J connectivity index is 1.56. The molecular weight excluding hydrogens is 464 g/mol. The lowest BCUT2D eigenvalue weighted by atomic mass is 9.94. The Kier molecular flexibility index (Phi) is 7.80. The predicted octanol–water partition coefficient (Wildman–Crippen LogP) is 5.39. The van der Waals surface area contributed by atoms with E-state index < -0.39 is 12.0 Å². The van der Waals surface area contributed by atoms with Gasteiger partial charge in [0.15, 0.2) is 0 Å². The van der Waals surface area contributed by atoms with Crippen molar-refractivity contribution in [1.29, 1.82) is 0 Å². The summed E-state index contributed by atoms with van der Waals surface area (Å²) in [5, 5.41) is 9.68. The third-order valence-electron chi connectivity index (χ3n) is 7.35. The smallest absolute Gasteiger partial charge is 0.326 e. The molecule has 4 rings (SSSR count). The Labute approximate surface area is 211 Å². The first-order valence-corrected chi connectivity index (χ1v) is 12.8. The SMILES string of the molecule is C[C@@H](C(=O)O)N(C)C(=O)CCc1ccc(/C(=C\C2CCCC2)c2ccc(C3CC3)c(=O)[nH]2)cc1Cl. The number of amides is 1. The number of aromatic amines is 1. The lowest BCUT2D eigenvalue weighted by Gasteiger charge is -2.21. The van der Waals surface area contributed by atoms with Crippen LogP contribution in [0.25, 0.3) is 5.57 Å². The van der Waals surface area contributed by atoms with Crippen LogP contribution in [0.3, 0.4) is 0 Å². The fourth-order valence-electron chi connectivity index (χ4n) is 4.78. The molecule has 7 heteroatoms. The van der Waals surface area contributed by atoms with Gasteiger partial charge in [0.2, 0.25) is 5.91 Å². The molecule has 0 unspecified atom stereocenters. The molecule has 6 nitrogen and oxygen atoms in total. The maximum Gasteiger partial charge on any atom is 0.326 e. The largest absolute Gasteiger partial charge is 0.480 e. The molecule has 1 atom stereocenters. The molecule has 2 N–H and O–H groups in total. The molecule has 35 heavy (non-hydrogen) atoms. The molecule has 0 saturated heterocycles.